The Balaban J connectivity index is 0.847. The maximum atomic E-state index is 13.7. The lowest BCUT2D eigenvalue weighted by atomic mass is 9.91. The molecule has 8 aromatic rings. The molecule has 0 saturated heterocycles. The number of para-hydroxylation sites is 2. The normalized spacial score (nSPS) is 14.4. The van der Waals surface area contributed by atoms with E-state index in [4.69, 9.17) is 20.0 Å². The number of pyridine rings is 2. The number of aliphatic imine (C=N–C) groups is 2. The van der Waals surface area contributed by atoms with Crippen molar-refractivity contribution < 1.29 is 10.2 Å². The molecule has 6 aromatic carbocycles. The molecule has 0 radical (unpaired) electrons. The van der Waals surface area contributed by atoms with Gasteiger partial charge in [0.1, 0.15) is 0 Å². The number of aromatic nitrogens is 2. The van der Waals surface area contributed by atoms with E-state index in [0.29, 0.717) is 84.7 Å². The van der Waals surface area contributed by atoms with E-state index in [2.05, 4.69) is 10.6 Å². The summed E-state index contributed by atoms with van der Waals surface area (Å²) in [6, 6.07) is 31.2. The van der Waals surface area contributed by atoms with Gasteiger partial charge in [-0.2, -0.15) is 0 Å². The van der Waals surface area contributed by atoms with Gasteiger partial charge in [0.15, 0.2) is 0 Å². The average Bonchev–Trinajstić information content (AvgIpc) is 3.32. The predicted molar refractivity (Wildman–Crippen MR) is 264 cm³/mol. The number of nitrogens with one attached hydrogen (secondary N) is 2. The predicted octanol–water partition coefficient (Wildman–Crippen LogP) is 4.68. The van der Waals surface area contributed by atoms with Crippen LogP contribution in [0.1, 0.15) is 22.3 Å². The van der Waals surface area contributed by atoms with Crippen molar-refractivity contribution in [2.75, 3.05) is 80.5 Å². The van der Waals surface area contributed by atoms with Gasteiger partial charge in [-0.15, -0.1) is 0 Å². The Morgan fingerprint density at radius 2 is 0.924 bits per heavy atom. The van der Waals surface area contributed by atoms with Crippen molar-refractivity contribution in [1.29, 1.82) is 0 Å². The molecule has 0 aliphatic carbocycles. The minimum Gasteiger partial charge on any atom is -0.494 e. The first-order chi connectivity index (χ1) is 32.1. The van der Waals surface area contributed by atoms with Crippen LogP contribution in [-0.2, 0) is 13.1 Å². The summed E-state index contributed by atoms with van der Waals surface area (Å²) in [5, 5.41) is 37.1. The van der Waals surface area contributed by atoms with Crippen LogP contribution in [0.2, 0.25) is 0 Å². The first-order valence-electron chi connectivity index (χ1n) is 22.5. The molecule has 0 bridgehead atoms. The van der Waals surface area contributed by atoms with Crippen LogP contribution in [0.4, 0.5) is 11.4 Å². The lowest BCUT2D eigenvalue weighted by Crippen LogP contribution is -2.31. The second-order valence-electron chi connectivity index (χ2n) is 17.5. The Morgan fingerprint density at radius 1 is 0.515 bits per heavy atom. The van der Waals surface area contributed by atoms with Gasteiger partial charge in [-0.25, -0.2) is 9.98 Å². The third-order valence-corrected chi connectivity index (χ3v) is 12.6. The monoisotopic (exact) mass is 880 g/mol. The van der Waals surface area contributed by atoms with Gasteiger partial charge >= 0.3 is 0 Å². The highest BCUT2D eigenvalue weighted by Gasteiger charge is 2.26. The van der Waals surface area contributed by atoms with Crippen molar-refractivity contribution in [2.45, 2.75) is 13.1 Å². The summed E-state index contributed by atoms with van der Waals surface area (Å²) in [6.45, 7) is 5.71. The van der Waals surface area contributed by atoms with Crippen molar-refractivity contribution in [2.24, 2.45) is 20.0 Å². The molecular weight excluding hydrogens is 829 g/mol. The van der Waals surface area contributed by atoms with Gasteiger partial charge in [0, 0.05) is 118 Å². The van der Waals surface area contributed by atoms with Gasteiger partial charge in [0.05, 0.1) is 46.6 Å². The van der Waals surface area contributed by atoms with Crippen LogP contribution >= 0.6 is 0 Å². The second kappa shape index (κ2) is 17.7. The standard InChI is InChI=1S/C52H52N10O4/c1-59(2)25-27-61-49(63)35-15-9-13-33-43(35)37(51(61)65)29-39-45(31-11-5-7-17-41(31)57-47(33)39)55-23-21-53-19-20-54-22-24-56-46-32-12-6-8-18-42(32)58-48-34-14-10-16-36-44(34)38(30-40(46)48)52(66)62(50(36)64)28-26-60(3)4/h5-18,29-30,53-54,65-66H,19-28H2,1-4H3. The molecule has 10 rings (SSSR count). The molecule has 4 N–H and O–H groups in total. The summed E-state index contributed by atoms with van der Waals surface area (Å²) >= 11 is 0. The summed E-state index contributed by atoms with van der Waals surface area (Å²) in [4.78, 5) is 51.7. The van der Waals surface area contributed by atoms with Gasteiger partial charge < -0.3 is 30.6 Å². The summed E-state index contributed by atoms with van der Waals surface area (Å²) in [7, 11) is 7.78. The Morgan fingerprint density at radius 3 is 1.35 bits per heavy atom. The van der Waals surface area contributed by atoms with E-state index in [9.17, 15) is 19.8 Å². The van der Waals surface area contributed by atoms with Crippen LogP contribution in [0.25, 0.3) is 43.1 Å². The number of rotatable bonds is 15. The SMILES string of the molecule is CN(C)CCn1c(O)c2cc3c(c4cccc(c1=O)c24)=Nc1ccccc1C3=NCCNCCNCCN=C1c2ccccc2N=c2c1cc1c(O)n(CCN(C)C)c(=O)c3cccc2c13. The molecule has 66 heavy (non-hydrogen) atoms. The van der Waals surface area contributed by atoms with Crippen LogP contribution in [0.15, 0.2) is 127 Å². The third-order valence-electron chi connectivity index (χ3n) is 12.6. The molecular formula is C52H52N10O4. The molecule has 0 saturated carbocycles. The third kappa shape index (κ3) is 7.51. The molecule has 2 aromatic heterocycles. The van der Waals surface area contributed by atoms with Gasteiger partial charge in [0.2, 0.25) is 11.8 Å². The number of hydrogen-bond acceptors (Lipinski definition) is 12. The fourth-order valence-electron chi connectivity index (χ4n) is 9.37. The topological polar surface area (TPSA) is 164 Å². The molecule has 334 valence electrons. The molecule has 0 atom stereocenters. The van der Waals surface area contributed by atoms with Crippen molar-refractivity contribution >= 4 is 65.9 Å². The summed E-state index contributed by atoms with van der Waals surface area (Å²) in [6.07, 6.45) is 0. The summed E-state index contributed by atoms with van der Waals surface area (Å²) < 4.78 is 2.93. The highest BCUT2D eigenvalue weighted by Crippen LogP contribution is 2.36. The van der Waals surface area contributed by atoms with Gasteiger partial charge in [-0.05, 0) is 64.6 Å². The number of hydrogen-bond donors (Lipinski definition) is 4. The van der Waals surface area contributed by atoms with Crippen molar-refractivity contribution in [3.8, 4) is 11.8 Å². The Hall–Kier alpha value is -7.10. The lowest BCUT2D eigenvalue weighted by Gasteiger charge is -2.20. The largest absolute Gasteiger partial charge is 0.494 e. The number of likely N-dealkylation sites (N-methyl/N-ethyl adjacent to an activating group) is 2. The first-order valence-corrected chi connectivity index (χ1v) is 22.5. The molecule has 14 heteroatoms. The van der Waals surface area contributed by atoms with E-state index < -0.39 is 0 Å². The van der Waals surface area contributed by atoms with Crippen LogP contribution in [0.5, 0.6) is 11.8 Å². The molecule has 0 unspecified atom stereocenters. The molecule has 0 fully saturated rings. The number of fused-ring (bicyclic) bond motifs is 6. The van der Waals surface area contributed by atoms with E-state index in [0.717, 1.165) is 79.6 Å². The minimum absolute atomic E-state index is 0.0481. The van der Waals surface area contributed by atoms with E-state index in [1.54, 1.807) is 0 Å². The quantitative estimate of drug-likeness (QED) is 0.108. The molecule has 4 heterocycles. The maximum Gasteiger partial charge on any atom is 0.261 e. The molecule has 2 aliphatic heterocycles. The summed E-state index contributed by atoms with van der Waals surface area (Å²) in [5.41, 5.74) is 6.31. The minimum atomic E-state index is -0.218. The first kappa shape index (κ1) is 42.8. The van der Waals surface area contributed by atoms with Gasteiger partial charge in [-0.1, -0.05) is 60.7 Å². The Kier molecular flexibility index (Phi) is 11.5. The van der Waals surface area contributed by atoms with Crippen LogP contribution in [0, 0.1) is 0 Å². The maximum absolute atomic E-state index is 13.7. The van der Waals surface area contributed by atoms with E-state index in [-0.39, 0.29) is 22.9 Å². The zero-order valence-electron chi connectivity index (χ0n) is 37.6. The zero-order valence-corrected chi connectivity index (χ0v) is 37.6. The zero-order chi connectivity index (χ0) is 45.6. The number of aromatic hydroxyl groups is 2. The summed E-state index contributed by atoms with van der Waals surface area (Å²) in [5.74, 6) is -0.0962. The number of nitrogens with zero attached hydrogens (tertiary/aromatic N) is 8. The average molecular weight is 881 g/mol. The van der Waals surface area contributed by atoms with E-state index in [1.807, 2.05) is 135 Å². The molecule has 14 nitrogen and oxygen atoms in total. The van der Waals surface area contributed by atoms with Crippen LogP contribution < -0.4 is 32.5 Å². The van der Waals surface area contributed by atoms with Crippen LogP contribution in [0.3, 0.4) is 0 Å². The lowest BCUT2D eigenvalue weighted by molar-refractivity contribution is 0.353. The fraction of sp³-hybridized carbons (Fsp3) is 0.269. The Labute approximate surface area is 380 Å². The Bertz CT molecular complexity index is 3300. The smallest absolute Gasteiger partial charge is 0.261 e. The fourth-order valence-corrected chi connectivity index (χ4v) is 9.37. The van der Waals surface area contributed by atoms with Crippen LogP contribution in [-0.4, -0.2) is 121 Å². The van der Waals surface area contributed by atoms with E-state index >= 15 is 0 Å². The molecule has 2 aliphatic rings. The molecule has 0 spiro atoms. The highest BCUT2D eigenvalue weighted by molar-refractivity contribution is 6.23. The van der Waals surface area contributed by atoms with Crippen molar-refractivity contribution in [1.82, 2.24) is 29.6 Å². The van der Waals surface area contributed by atoms with Crippen molar-refractivity contribution in [3.05, 3.63) is 151 Å². The highest BCUT2D eigenvalue weighted by atomic mass is 16.3. The van der Waals surface area contributed by atoms with Gasteiger partial charge in [0.25, 0.3) is 11.1 Å². The van der Waals surface area contributed by atoms with Crippen molar-refractivity contribution in [3.63, 3.8) is 0 Å². The van der Waals surface area contributed by atoms with E-state index in [1.165, 1.54) is 9.13 Å². The second-order valence-corrected chi connectivity index (χ2v) is 17.5. The van der Waals surface area contributed by atoms with Gasteiger partial charge in [-0.3, -0.25) is 28.7 Å². The molecule has 0 amide bonds. The number of benzene rings is 6.